The molecule has 0 bridgehead atoms. The Hall–Kier alpha value is -1.61. The number of nitrogens with zero attached hydrogens (tertiary/aromatic N) is 3. The zero-order valence-electron chi connectivity index (χ0n) is 11.5. The van der Waals surface area contributed by atoms with E-state index in [2.05, 4.69) is 28.5 Å². The second-order valence-corrected chi connectivity index (χ2v) is 4.77. The number of nitrogens with one attached hydrogen (secondary N) is 1. The Labute approximate surface area is 114 Å². The number of likely N-dealkylation sites (N-methyl/N-ethyl adjacent to an activating group) is 1. The Morgan fingerprint density at radius 1 is 1.32 bits per heavy atom. The Kier molecular flexibility index (Phi) is 4.74. The minimum absolute atomic E-state index is 0.575. The summed E-state index contributed by atoms with van der Waals surface area (Å²) in [6, 6.07) is 7.81. The molecular formula is C14H20N4O. The van der Waals surface area contributed by atoms with Gasteiger partial charge in [-0.15, -0.1) is 0 Å². The third-order valence-electron chi connectivity index (χ3n) is 3.40. The van der Waals surface area contributed by atoms with Gasteiger partial charge in [-0.25, -0.2) is 5.01 Å². The van der Waals surface area contributed by atoms with Gasteiger partial charge in [0.25, 0.3) is 0 Å². The van der Waals surface area contributed by atoms with E-state index in [1.54, 1.807) is 13.2 Å². The van der Waals surface area contributed by atoms with Crippen LogP contribution in [-0.2, 0) is 6.54 Å². The van der Waals surface area contributed by atoms with Crippen LogP contribution in [0.1, 0.15) is 11.1 Å². The van der Waals surface area contributed by atoms with Crippen LogP contribution < -0.4 is 10.2 Å². The molecule has 102 valence electrons. The van der Waals surface area contributed by atoms with Crippen LogP contribution in [0, 0.1) is 11.3 Å². The van der Waals surface area contributed by atoms with Crippen molar-refractivity contribution in [2.75, 3.05) is 40.3 Å². The third kappa shape index (κ3) is 3.67. The van der Waals surface area contributed by atoms with Gasteiger partial charge in [0, 0.05) is 32.7 Å². The molecule has 2 rings (SSSR count). The fourth-order valence-electron chi connectivity index (χ4n) is 2.11. The van der Waals surface area contributed by atoms with Crippen LogP contribution in [0.25, 0.3) is 0 Å². The van der Waals surface area contributed by atoms with Crippen LogP contribution in [0.15, 0.2) is 18.2 Å². The SMILES string of the molecule is COc1cc(CNN2CCN(C)CC2)ccc1C#N. The number of ether oxygens (including phenoxy) is 1. The molecule has 1 fully saturated rings. The van der Waals surface area contributed by atoms with Crippen LogP contribution in [0.3, 0.4) is 0 Å². The van der Waals surface area contributed by atoms with Gasteiger partial charge in [-0.05, 0) is 24.7 Å². The third-order valence-corrected chi connectivity index (χ3v) is 3.40. The van der Waals surface area contributed by atoms with Crippen molar-refractivity contribution in [2.24, 2.45) is 0 Å². The highest BCUT2D eigenvalue weighted by atomic mass is 16.5. The topological polar surface area (TPSA) is 51.5 Å². The van der Waals surface area contributed by atoms with E-state index in [9.17, 15) is 0 Å². The summed E-state index contributed by atoms with van der Waals surface area (Å²) in [5.74, 6) is 0.639. The van der Waals surface area contributed by atoms with Crippen molar-refractivity contribution in [3.05, 3.63) is 29.3 Å². The van der Waals surface area contributed by atoms with Crippen LogP contribution in [0.2, 0.25) is 0 Å². The summed E-state index contributed by atoms with van der Waals surface area (Å²) in [5.41, 5.74) is 5.11. The van der Waals surface area contributed by atoms with Crippen molar-refractivity contribution in [1.82, 2.24) is 15.3 Å². The van der Waals surface area contributed by atoms with Crippen molar-refractivity contribution < 1.29 is 4.74 Å². The van der Waals surface area contributed by atoms with Gasteiger partial charge >= 0.3 is 0 Å². The molecule has 1 heterocycles. The van der Waals surface area contributed by atoms with Gasteiger partial charge < -0.3 is 9.64 Å². The minimum Gasteiger partial charge on any atom is -0.495 e. The van der Waals surface area contributed by atoms with Crippen LogP contribution in [-0.4, -0.2) is 50.2 Å². The van der Waals surface area contributed by atoms with E-state index in [1.807, 2.05) is 12.1 Å². The fourth-order valence-corrected chi connectivity index (χ4v) is 2.11. The first-order valence-corrected chi connectivity index (χ1v) is 6.47. The van der Waals surface area contributed by atoms with Gasteiger partial charge in [-0.2, -0.15) is 5.26 Å². The molecule has 1 aliphatic rings. The average molecular weight is 260 g/mol. The van der Waals surface area contributed by atoms with E-state index in [1.165, 1.54) is 0 Å². The summed E-state index contributed by atoms with van der Waals surface area (Å²) < 4.78 is 5.21. The van der Waals surface area contributed by atoms with Crippen LogP contribution >= 0.6 is 0 Å². The van der Waals surface area contributed by atoms with Crippen molar-refractivity contribution in [2.45, 2.75) is 6.54 Å². The first-order chi connectivity index (χ1) is 9.22. The molecule has 5 heteroatoms. The number of hydrogen-bond donors (Lipinski definition) is 1. The van der Waals surface area contributed by atoms with Gasteiger partial charge in [-0.1, -0.05) is 6.07 Å². The molecular weight excluding hydrogens is 240 g/mol. The zero-order chi connectivity index (χ0) is 13.7. The summed E-state index contributed by atoms with van der Waals surface area (Å²) in [7, 11) is 3.73. The lowest BCUT2D eigenvalue weighted by atomic mass is 10.1. The summed E-state index contributed by atoms with van der Waals surface area (Å²) in [4.78, 5) is 2.32. The number of benzene rings is 1. The smallest absolute Gasteiger partial charge is 0.136 e. The molecule has 1 aliphatic heterocycles. The molecule has 1 aromatic carbocycles. The van der Waals surface area contributed by atoms with Gasteiger partial charge in [0.05, 0.1) is 12.7 Å². The molecule has 0 saturated carbocycles. The molecule has 19 heavy (non-hydrogen) atoms. The number of hydrogen-bond acceptors (Lipinski definition) is 5. The molecule has 1 aromatic rings. The number of nitriles is 1. The summed E-state index contributed by atoms with van der Waals surface area (Å²) >= 11 is 0. The number of hydrazine groups is 1. The molecule has 5 nitrogen and oxygen atoms in total. The number of methoxy groups -OCH3 is 1. The number of rotatable bonds is 4. The molecule has 0 radical (unpaired) electrons. The zero-order valence-corrected chi connectivity index (χ0v) is 11.5. The first kappa shape index (κ1) is 13.8. The summed E-state index contributed by atoms with van der Waals surface area (Å²) in [5, 5.41) is 11.2. The molecule has 1 saturated heterocycles. The Balaban J connectivity index is 1.91. The highest BCUT2D eigenvalue weighted by Gasteiger charge is 2.13. The summed E-state index contributed by atoms with van der Waals surface area (Å²) in [6.45, 7) is 4.99. The van der Waals surface area contributed by atoms with E-state index < -0.39 is 0 Å². The lowest BCUT2D eigenvalue weighted by Gasteiger charge is -2.32. The maximum atomic E-state index is 8.94. The van der Waals surface area contributed by atoms with E-state index in [0.29, 0.717) is 11.3 Å². The van der Waals surface area contributed by atoms with E-state index in [-0.39, 0.29) is 0 Å². The maximum Gasteiger partial charge on any atom is 0.136 e. The van der Waals surface area contributed by atoms with Gasteiger partial charge in [-0.3, -0.25) is 5.43 Å². The second kappa shape index (κ2) is 6.53. The summed E-state index contributed by atoms with van der Waals surface area (Å²) in [6.07, 6.45) is 0. The molecule has 0 amide bonds. The molecule has 0 spiro atoms. The molecule has 0 unspecified atom stereocenters. The van der Waals surface area contributed by atoms with Crippen molar-refractivity contribution in [3.63, 3.8) is 0 Å². The quantitative estimate of drug-likeness (QED) is 0.868. The first-order valence-electron chi connectivity index (χ1n) is 6.47. The van der Waals surface area contributed by atoms with Gasteiger partial charge in [0.1, 0.15) is 11.8 Å². The molecule has 0 aliphatic carbocycles. The van der Waals surface area contributed by atoms with Gasteiger partial charge in [0.15, 0.2) is 0 Å². The lowest BCUT2D eigenvalue weighted by molar-refractivity contribution is 0.102. The normalized spacial score (nSPS) is 17.1. The van der Waals surface area contributed by atoms with Crippen LogP contribution in [0.5, 0.6) is 5.75 Å². The highest BCUT2D eigenvalue weighted by molar-refractivity contribution is 5.45. The Morgan fingerprint density at radius 3 is 2.68 bits per heavy atom. The van der Waals surface area contributed by atoms with E-state index in [0.717, 1.165) is 38.3 Å². The molecule has 0 aromatic heterocycles. The van der Waals surface area contributed by atoms with Crippen molar-refractivity contribution in [1.29, 1.82) is 5.26 Å². The average Bonchev–Trinajstić information content (AvgIpc) is 2.46. The fraction of sp³-hybridized carbons (Fsp3) is 0.500. The van der Waals surface area contributed by atoms with Gasteiger partial charge in [0.2, 0.25) is 0 Å². The highest BCUT2D eigenvalue weighted by Crippen LogP contribution is 2.19. The second-order valence-electron chi connectivity index (χ2n) is 4.77. The standard InChI is InChI=1S/C14H20N4O/c1-17-5-7-18(8-6-17)16-11-12-3-4-13(10-15)14(9-12)19-2/h3-4,9,16H,5-8,11H2,1-2H3. The molecule has 1 N–H and O–H groups in total. The Morgan fingerprint density at radius 2 is 2.05 bits per heavy atom. The predicted molar refractivity (Wildman–Crippen MR) is 73.6 cm³/mol. The predicted octanol–water partition coefficient (Wildman–Crippen LogP) is 0.819. The van der Waals surface area contributed by atoms with Crippen molar-refractivity contribution >= 4 is 0 Å². The lowest BCUT2D eigenvalue weighted by Crippen LogP contribution is -2.50. The van der Waals surface area contributed by atoms with Crippen LogP contribution in [0.4, 0.5) is 0 Å². The molecule has 0 atom stereocenters. The van der Waals surface area contributed by atoms with E-state index >= 15 is 0 Å². The Bertz CT molecular complexity index is 461. The monoisotopic (exact) mass is 260 g/mol. The number of piperazine rings is 1. The van der Waals surface area contributed by atoms with E-state index in [4.69, 9.17) is 10.00 Å². The minimum atomic E-state index is 0.575. The van der Waals surface area contributed by atoms with Crippen molar-refractivity contribution in [3.8, 4) is 11.8 Å². The maximum absolute atomic E-state index is 8.94. The largest absolute Gasteiger partial charge is 0.495 e.